The lowest BCUT2D eigenvalue weighted by Gasteiger charge is -2.13. The van der Waals surface area contributed by atoms with Crippen LogP contribution in [0, 0.1) is 5.92 Å². The maximum atomic E-state index is 5.53. The highest BCUT2D eigenvalue weighted by Crippen LogP contribution is 2.32. The quantitative estimate of drug-likeness (QED) is 0.625. The van der Waals surface area contributed by atoms with Crippen molar-refractivity contribution in [3.05, 3.63) is 11.6 Å². The summed E-state index contributed by atoms with van der Waals surface area (Å²) in [5.41, 5.74) is 7.26. The maximum Gasteiger partial charge on any atom is -0.00771 e. The van der Waals surface area contributed by atoms with Crippen molar-refractivity contribution in [3.63, 3.8) is 0 Å². The summed E-state index contributed by atoms with van der Waals surface area (Å²) in [6.45, 7) is 3.13. The van der Waals surface area contributed by atoms with Crippen LogP contribution < -0.4 is 5.73 Å². The van der Waals surface area contributed by atoms with E-state index in [9.17, 15) is 0 Å². The number of hydrogen-bond acceptors (Lipinski definition) is 1. The Kier molecular flexibility index (Phi) is 5.14. The molecule has 0 amide bonds. The molecule has 1 aliphatic rings. The summed E-state index contributed by atoms with van der Waals surface area (Å²) in [6, 6.07) is 0. The van der Waals surface area contributed by atoms with E-state index in [2.05, 4.69) is 13.0 Å². The van der Waals surface area contributed by atoms with E-state index in [4.69, 9.17) is 5.73 Å². The summed E-state index contributed by atoms with van der Waals surface area (Å²) in [5, 5.41) is 0. The minimum Gasteiger partial charge on any atom is -0.330 e. The highest BCUT2D eigenvalue weighted by Gasteiger charge is 2.17. The molecule has 1 unspecified atom stereocenters. The molecule has 0 aliphatic heterocycles. The topological polar surface area (TPSA) is 26.0 Å². The molecule has 0 spiro atoms. The molecule has 76 valence electrons. The summed E-state index contributed by atoms with van der Waals surface area (Å²) in [5.74, 6) is 0.884. The Balaban J connectivity index is 2.25. The molecule has 0 bridgehead atoms. The number of rotatable bonds is 6. The number of unbranched alkanes of at least 4 members (excludes halogenated alkanes) is 1. The number of allylic oxidation sites excluding steroid dienone is 2. The van der Waals surface area contributed by atoms with Gasteiger partial charge in [0, 0.05) is 0 Å². The molecule has 0 radical (unpaired) electrons. The van der Waals surface area contributed by atoms with Gasteiger partial charge >= 0.3 is 0 Å². The van der Waals surface area contributed by atoms with Gasteiger partial charge in [-0.1, -0.05) is 25.0 Å². The summed E-state index contributed by atoms with van der Waals surface area (Å²) in [7, 11) is 0. The van der Waals surface area contributed by atoms with Crippen LogP contribution in [0.5, 0.6) is 0 Å². The molecule has 1 heteroatoms. The zero-order valence-electron chi connectivity index (χ0n) is 8.89. The molecule has 0 aromatic heterocycles. The molecule has 1 atom stereocenters. The van der Waals surface area contributed by atoms with Crippen molar-refractivity contribution in [1.82, 2.24) is 0 Å². The molecular weight excluding hydrogens is 158 g/mol. The molecule has 1 aliphatic carbocycles. The van der Waals surface area contributed by atoms with Crippen molar-refractivity contribution < 1.29 is 0 Å². The Hall–Kier alpha value is -0.300. The van der Waals surface area contributed by atoms with Crippen LogP contribution in [0.1, 0.15) is 51.9 Å². The van der Waals surface area contributed by atoms with E-state index in [0.717, 1.165) is 12.5 Å². The van der Waals surface area contributed by atoms with Gasteiger partial charge < -0.3 is 5.73 Å². The van der Waals surface area contributed by atoms with Crippen LogP contribution in [0.25, 0.3) is 0 Å². The first kappa shape index (κ1) is 10.8. The van der Waals surface area contributed by atoms with E-state index in [0.29, 0.717) is 0 Å². The Morgan fingerprint density at radius 3 is 3.00 bits per heavy atom. The average molecular weight is 181 g/mol. The first-order chi connectivity index (χ1) is 6.38. The van der Waals surface area contributed by atoms with Crippen LogP contribution in [-0.4, -0.2) is 6.54 Å². The van der Waals surface area contributed by atoms with Crippen molar-refractivity contribution >= 4 is 0 Å². The lowest BCUT2D eigenvalue weighted by atomic mass is 9.93. The second-order valence-corrected chi connectivity index (χ2v) is 4.09. The van der Waals surface area contributed by atoms with Crippen molar-refractivity contribution in [1.29, 1.82) is 0 Å². The van der Waals surface area contributed by atoms with E-state index in [1.165, 1.54) is 44.9 Å². The smallest absolute Gasteiger partial charge is 0.00771 e. The van der Waals surface area contributed by atoms with Gasteiger partial charge in [0.2, 0.25) is 0 Å². The van der Waals surface area contributed by atoms with Gasteiger partial charge in [0.25, 0.3) is 0 Å². The molecule has 1 nitrogen and oxygen atoms in total. The lowest BCUT2D eigenvalue weighted by molar-refractivity contribution is 0.515. The standard InChI is InChI=1S/C12H23N/c1-2-3-6-11-7-4-8-12(11)9-5-10-13/h7,12H,2-6,8-10,13H2,1H3. The van der Waals surface area contributed by atoms with E-state index in [1.54, 1.807) is 5.57 Å². The lowest BCUT2D eigenvalue weighted by Crippen LogP contribution is -2.05. The minimum atomic E-state index is 0.859. The highest BCUT2D eigenvalue weighted by molar-refractivity contribution is 5.12. The normalized spacial score (nSPS) is 22.0. The third kappa shape index (κ3) is 3.51. The molecule has 0 saturated carbocycles. The van der Waals surface area contributed by atoms with Crippen LogP contribution in [-0.2, 0) is 0 Å². The summed E-state index contributed by atoms with van der Waals surface area (Å²) in [4.78, 5) is 0. The van der Waals surface area contributed by atoms with Gasteiger partial charge in [0.1, 0.15) is 0 Å². The zero-order valence-corrected chi connectivity index (χ0v) is 8.89. The number of hydrogen-bond donors (Lipinski definition) is 1. The van der Waals surface area contributed by atoms with Crippen molar-refractivity contribution in [2.45, 2.75) is 51.9 Å². The van der Waals surface area contributed by atoms with Gasteiger partial charge in [-0.05, 0) is 51.0 Å². The fourth-order valence-electron chi connectivity index (χ4n) is 2.20. The SMILES string of the molecule is CCCCC1=CCCC1CCCN. The van der Waals surface area contributed by atoms with Crippen LogP contribution in [0.2, 0.25) is 0 Å². The first-order valence-corrected chi connectivity index (χ1v) is 5.77. The second-order valence-electron chi connectivity index (χ2n) is 4.09. The average Bonchev–Trinajstić information content (AvgIpc) is 2.59. The molecule has 0 aromatic rings. The van der Waals surface area contributed by atoms with Gasteiger partial charge in [-0.15, -0.1) is 0 Å². The second kappa shape index (κ2) is 6.20. The molecule has 0 saturated heterocycles. The number of nitrogens with two attached hydrogens (primary N) is 1. The summed E-state index contributed by atoms with van der Waals surface area (Å²) in [6.07, 6.45) is 11.7. The predicted molar refractivity (Wildman–Crippen MR) is 58.6 cm³/mol. The monoisotopic (exact) mass is 181 g/mol. The van der Waals surface area contributed by atoms with E-state index < -0.39 is 0 Å². The van der Waals surface area contributed by atoms with Gasteiger partial charge in [-0.25, -0.2) is 0 Å². The maximum absolute atomic E-state index is 5.53. The van der Waals surface area contributed by atoms with Crippen LogP contribution in [0.3, 0.4) is 0 Å². The Bertz CT molecular complexity index is 161. The molecular formula is C12H23N. The van der Waals surface area contributed by atoms with Crippen molar-refractivity contribution in [2.75, 3.05) is 6.54 Å². The first-order valence-electron chi connectivity index (χ1n) is 5.77. The molecule has 0 aromatic carbocycles. The van der Waals surface area contributed by atoms with Crippen LogP contribution in [0.4, 0.5) is 0 Å². The summed E-state index contributed by atoms with van der Waals surface area (Å²) < 4.78 is 0. The largest absolute Gasteiger partial charge is 0.330 e. The van der Waals surface area contributed by atoms with Crippen LogP contribution in [0.15, 0.2) is 11.6 Å². The van der Waals surface area contributed by atoms with E-state index in [-0.39, 0.29) is 0 Å². The van der Waals surface area contributed by atoms with Gasteiger partial charge in [0.05, 0.1) is 0 Å². The Morgan fingerprint density at radius 1 is 1.46 bits per heavy atom. The predicted octanol–water partition coefficient (Wildman–Crippen LogP) is 3.25. The fraction of sp³-hybridized carbons (Fsp3) is 0.833. The fourth-order valence-corrected chi connectivity index (χ4v) is 2.20. The minimum absolute atomic E-state index is 0.859. The third-order valence-corrected chi connectivity index (χ3v) is 3.02. The van der Waals surface area contributed by atoms with Gasteiger partial charge in [-0.2, -0.15) is 0 Å². The highest BCUT2D eigenvalue weighted by atomic mass is 14.5. The van der Waals surface area contributed by atoms with Gasteiger partial charge in [-0.3, -0.25) is 0 Å². The zero-order chi connectivity index (χ0) is 9.52. The summed E-state index contributed by atoms with van der Waals surface area (Å²) >= 11 is 0. The van der Waals surface area contributed by atoms with E-state index >= 15 is 0 Å². The van der Waals surface area contributed by atoms with E-state index in [1.807, 2.05) is 0 Å². The molecule has 1 rings (SSSR count). The van der Waals surface area contributed by atoms with Crippen molar-refractivity contribution in [2.24, 2.45) is 11.7 Å². The van der Waals surface area contributed by atoms with Crippen LogP contribution >= 0.6 is 0 Å². The molecule has 0 fully saturated rings. The van der Waals surface area contributed by atoms with Gasteiger partial charge in [0.15, 0.2) is 0 Å². The molecule has 2 N–H and O–H groups in total. The third-order valence-electron chi connectivity index (χ3n) is 3.02. The Labute approximate surface area is 82.4 Å². The Morgan fingerprint density at radius 2 is 2.31 bits per heavy atom. The van der Waals surface area contributed by atoms with Crippen molar-refractivity contribution in [3.8, 4) is 0 Å². The molecule has 13 heavy (non-hydrogen) atoms. The molecule has 0 heterocycles.